The molecule has 2 aromatic heterocycles. The van der Waals surface area contributed by atoms with Gasteiger partial charge < -0.3 is 5.32 Å². The van der Waals surface area contributed by atoms with E-state index in [-0.39, 0.29) is 17.4 Å². The van der Waals surface area contributed by atoms with E-state index in [2.05, 4.69) is 15.3 Å². The number of pyridine rings is 1. The molecule has 0 bridgehead atoms. The molecule has 1 unspecified atom stereocenters. The van der Waals surface area contributed by atoms with Crippen LogP contribution < -0.4 is 10.9 Å². The molecule has 1 aliphatic heterocycles. The molecular formula is C14H14N4O2S. The summed E-state index contributed by atoms with van der Waals surface area (Å²) < 4.78 is 1.58. The average molecular weight is 302 g/mol. The van der Waals surface area contributed by atoms with E-state index in [9.17, 15) is 9.59 Å². The predicted molar refractivity (Wildman–Crippen MR) is 80.3 cm³/mol. The Morgan fingerprint density at radius 1 is 1.43 bits per heavy atom. The minimum absolute atomic E-state index is 0.0751. The van der Waals surface area contributed by atoms with E-state index in [0.717, 1.165) is 0 Å². The molecule has 1 amide bonds. The fourth-order valence-corrected chi connectivity index (χ4v) is 3.19. The highest BCUT2D eigenvalue weighted by Crippen LogP contribution is 2.25. The van der Waals surface area contributed by atoms with Crippen molar-refractivity contribution < 1.29 is 4.79 Å². The van der Waals surface area contributed by atoms with Gasteiger partial charge in [-0.15, -0.1) is 0 Å². The number of nitrogens with zero attached hydrogens (tertiary/aromatic N) is 3. The highest BCUT2D eigenvalue weighted by Gasteiger charge is 2.27. The number of carbonyl (C=O) groups is 1. The highest BCUT2D eigenvalue weighted by molar-refractivity contribution is 7.99. The first kappa shape index (κ1) is 13.8. The number of hydrogen-bond acceptors (Lipinski definition) is 5. The number of hydrogen-bond donors (Lipinski definition) is 1. The molecule has 0 saturated carbocycles. The molecule has 21 heavy (non-hydrogen) atoms. The normalized spacial score (nSPS) is 17.1. The van der Waals surface area contributed by atoms with Gasteiger partial charge in [0.25, 0.3) is 5.56 Å². The number of aryl methyl sites for hydroxylation is 1. The van der Waals surface area contributed by atoms with Crippen LogP contribution >= 0.6 is 11.8 Å². The van der Waals surface area contributed by atoms with Gasteiger partial charge in [0, 0.05) is 42.1 Å². The molecular weight excluding hydrogens is 288 g/mol. The number of nitrogens with one attached hydrogen (secondary N) is 1. The van der Waals surface area contributed by atoms with Gasteiger partial charge in [-0.1, -0.05) is 11.8 Å². The van der Waals surface area contributed by atoms with Crippen LogP contribution in [-0.4, -0.2) is 26.2 Å². The SMILES string of the molecule is Cc1cnc2n(c1=O)CC(C(=O)Nc1ccncc1)CS2. The first-order valence-electron chi connectivity index (χ1n) is 6.55. The maximum Gasteiger partial charge on any atom is 0.257 e. The van der Waals surface area contributed by atoms with Gasteiger partial charge in [0.05, 0.1) is 5.92 Å². The maximum atomic E-state index is 12.3. The third-order valence-electron chi connectivity index (χ3n) is 3.32. The molecule has 2 aromatic rings. The summed E-state index contributed by atoms with van der Waals surface area (Å²) in [5, 5.41) is 3.53. The molecule has 0 aliphatic carbocycles. The molecule has 3 rings (SSSR count). The second-order valence-electron chi connectivity index (χ2n) is 4.87. The zero-order valence-corrected chi connectivity index (χ0v) is 12.3. The Balaban J connectivity index is 1.78. The Kier molecular flexibility index (Phi) is 3.74. The van der Waals surface area contributed by atoms with E-state index >= 15 is 0 Å². The van der Waals surface area contributed by atoms with Crippen molar-refractivity contribution >= 4 is 23.4 Å². The average Bonchev–Trinajstić information content (AvgIpc) is 2.52. The summed E-state index contributed by atoms with van der Waals surface area (Å²) in [7, 11) is 0. The third kappa shape index (κ3) is 2.82. The van der Waals surface area contributed by atoms with Crippen molar-refractivity contribution in [2.24, 2.45) is 5.92 Å². The number of rotatable bonds is 2. The molecule has 0 spiro atoms. The largest absolute Gasteiger partial charge is 0.326 e. The predicted octanol–water partition coefficient (Wildman–Crippen LogP) is 1.31. The number of aromatic nitrogens is 3. The smallest absolute Gasteiger partial charge is 0.257 e. The highest BCUT2D eigenvalue weighted by atomic mass is 32.2. The third-order valence-corrected chi connectivity index (χ3v) is 4.47. The molecule has 1 aliphatic rings. The zero-order valence-electron chi connectivity index (χ0n) is 11.4. The molecule has 1 N–H and O–H groups in total. The van der Waals surface area contributed by atoms with Crippen molar-refractivity contribution in [2.45, 2.75) is 18.6 Å². The fourth-order valence-electron chi connectivity index (χ4n) is 2.14. The second-order valence-corrected chi connectivity index (χ2v) is 5.86. The van der Waals surface area contributed by atoms with Gasteiger partial charge in [0.15, 0.2) is 5.16 Å². The Morgan fingerprint density at radius 3 is 2.95 bits per heavy atom. The van der Waals surface area contributed by atoms with Crippen LogP contribution in [0.15, 0.2) is 40.7 Å². The summed E-state index contributed by atoms with van der Waals surface area (Å²) in [5.41, 5.74) is 1.23. The summed E-state index contributed by atoms with van der Waals surface area (Å²) in [4.78, 5) is 32.6. The van der Waals surface area contributed by atoms with E-state index in [1.165, 1.54) is 11.8 Å². The second kappa shape index (κ2) is 5.69. The van der Waals surface area contributed by atoms with E-state index < -0.39 is 0 Å². The van der Waals surface area contributed by atoms with Crippen LogP contribution in [0.5, 0.6) is 0 Å². The fraction of sp³-hybridized carbons (Fsp3) is 0.286. The minimum Gasteiger partial charge on any atom is -0.326 e. The van der Waals surface area contributed by atoms with Crippen LogP contribution in [-0.2, 0) is 11.3 Å². The molecule has 0 radical (unpaired) electrons. The van der Waals surface area contributed by atoms with Crippen molar-refractivity contribution in [2.75, 3.05) is 11.1 Å². The maximum absolute atomic E-state index is 12.3. The van der Waals surface area contributed by atoms with Crippen LogP contribution in [0.3, 0.4) is 0 Å². The lowest BCUT2D eigenvalue weighted by molar-refractivity contribution is -0.119. The summed E-state index contributed by atoms with van der Waals surface area (Å²) >= 11 is 1.44. The lowest BCUT2D eigenvalue weighted by Crippen LogP contribution is -2.37. The number of carbonyl (C=O) groups excluding carboxylic acids is 1. The molecule has 0 saturated heterocycles. The topological polar surface area (TPSA) is 76.9 Å². The number of amides is 1. The lowest BCUT2D eigenvalue weighted by Gasteiger charge is -2.24. The first-order valence-corrected chi connectivity index (χ1v) is 7.54. The summed E-state index contributed by atoms with van der Waals surface area (Å²) in [6.45, 7) is 2.10. The van der Waals surface area contributed by atoms with Gasteiger partial charge >= 0.3 is 0 Å². The number of thioether (sulfide) groups is 1. The van der Waals surface area contributed by atoms with Gasteiger partial charge in [-0.25, -0.2) is 4.98 Å². The molecule has 108 valence electrons. The van der Waals surface area contributed by atoms with Gasteiger partial charge in [0.1, 0.15) is 0 Å². The Labute approximate surface area is 125 Å². The van der Waals surface area contributed by atoms with Crippen molar-refractivity contribution in [1.82, 2.24) is 14.5 Å². The summed E-state index contributed by atoms with van der Waals surface area (Å²) in [6.07, 6.45) is 4.83. The Hall–Kier alpha value is -2.15. The standard InChI is InChI=1S/C14H14N4O2S/c1-9-6-16-14-18(13(9)20)7-10(8-21-14)12(19)17-11-2-4-15-5-3-11/h2-6,10H,7-8H2,1H3,(H,15,17,19). The van der Waals surface area contributed by atoms with Gasteiger partial charge in [-0.2, -0.15) is 0 Å². The van der Waals surface area contributed by atoms with Crippen LogP contribution in [0.1, 0.15) is 5.56 Å². The van der Waals surface area contributed by atoms with Gasteiger partial charge in [-0.05, 0) is 19.1 Å². The molecule has 6 nitrogen and oxygen atoms in total. The monoisotopic (exact) mass is 302 g/mol. The van der Waals surface area contributed by atoms with Gasteiger partial charge in [0.2, 0.25) is 5.91 Å². The van der Waals surface area contributed by atoms with Gasteiger partial charge in [-0.3, -0.25) is 19.1 Å². The van der Waals surface area contributed by atoms with Crippen molar-refractivity contribution in [3.63, 3.8) is 0 Å². The summed E-state index contributed by atoms with van der Waals surface area (Å²) in [6, 6.07) is 3.47. The van der Waals surface area contributed by atoms with Crippen molar-refractivity contribution in [3.05, 3.63) is 46.6 Å². The molecule has 1 atom stereocenters. The molecule has 3 heterocycles. The van der Waals surface area contributed by atoms with E-state index in [1.54, 1.807) is 42.2 Å². The first-order chi connectivity index (χ1) is 10.1. The molecule has 0 aromatic carbocycles. The molecule has 0 fully saturated rings. The van der Waals surface area contributed by atoms with Crippen LogP contribution in [0.25, 0.3) is 0 Å². The van der Waals surface area contributed by atoms with Crippen LogP contribution in [0.4, 0.5) is 5.69 Å². The van der Waals surface area contributed by atoms with Crippen LogP contribution in [0.2, 0.25) is 0 Å². The van der Waals surface area contributed by atoms with Crippen molar-refractivity contribution in [3.8, 4) is 0 Å². The van der Waals surface area contributed by atoms with Crippen LogP contribution in [0, 0.1) is 12.8 Å². The Bertz CT molecular complexity index is 729. The minimum atomic E-state index is -0.253. The quantitative estimate of drug-likeness (QED) is 0.846. The van der Waals surface area contributed by atoms with Crippen molar-refractivity contribution in [1.29, 1.82) is 0 Å². The summed E-state index contributed by atoms with van der Waals surface area (Å²) in [5.74, 6) is 0.275. The number of fused-ring (bicyclic) bond motifs is 1. The lowest BCUT2D eigenvalue weighted by atomic mass is 10.1. The number of anilines is 1. The Morgan fingerprint density at radius 2 is 2.19 bits per heavy atom. The zero-order chi connectivity index (χ0) is 14.8. The molecule has 7 heteroatoms. The van der Waals surface area contributed by atoms with E-state index in [1.807, 2.05) is 0 Å². The van der Waals surface area contributed by atoms with E-state index in [4.69, 9.17) is 0 Å². The van der Waals surface area contributed by atoms with E-state index in [0.29, 0.717) is 28.7 Å².